The van der Waals surface area contributed by atoms with Crippen LogP contribution in [-0.2, 0) is 11.3 Å². The van der Waals surface area contributed by atoms with Crippen LogP contribution in [0.3, 0.4) is 0 Å². The average Bonchev–Trinajstić information content (AvgIpc) is 2.43. The summed E-state index contributed by atoms with van der Waals surface area (Å²) in [6.07, 6.45) is 8.07. The van der Waals surface area contributed by atoms with E-state index in [1.54, 1.807) is 7.11 Å². The van der Waals surface area contributed by atoms with Crippen LogP contribution in [0.4, 0.5) is 0 Å². The second-order valence-corrected chi connectivity index (χ2v) is 6.38. The Morgan fingerprint density at radius 2 is 1.74 bits per heavy atom. The summed E-state index contributed by atoms with van der Waals surface area (Å²) in [6, 6.07) is 8.13. The van der Waals surface area contributed by atoms with E-state index in [0.717, 1.165) is 5.75 Å². The van der Waals surface area contributed by atoms with E-state index < -0.39 is 0 Å². The molecule has 106 valence electrons. The highest BCUT2D eigenvalue weighted by Gasteiger charge is 2.20. The first-order chi connectivity index (χ1) is 9.29. The molecule has 2 unspecified atom stereocenters. The Morgan fingerprint density at radius 3 is 2.42 bits per heavy atom. The van der Waals surface area contributed by atoms with Crippen molar-refractivity contribution in [2.45, 2.75) is 56.1 Å². The van der Waals surface area contributed by atoms with Gasteiger partial charge in [-0.1, -0.05) is 53.7 Å². The molecule has 1 aromatic carbocycles. The zero-order valence-corrected chi connectivity index (χ0v) is 13.2. The number of hydrogen-bond donors (Lipinski definition) is 0. The summed E-state index contributed by atoms with van der Waals surface area (Å²) in [6.45, 7) is 0.691. The third kappa shape index (κ3) is 4.81. The summed E-state index contributed by atoms with van der Waals surface area (Å²) >= 11 is 3.79. The molecule has 1 aliphatic rings. The minimum atomic E-state index is 0.349. The molecule has 1 aromatic rings. The first-order valence-corrected chi connectivity index (χ1v) is 8.10. The summed E-state index contributed by atoms with van der Waals surface area (Å²) in [4.78, 5) is 0.506. The Bertz CT molecular complexity index is 364. The van der Waals surface area contributed by atoms with Crippen LogP contribution in [0.5, 0.6) is 5.75 Å². The van der Waals surface area contributed by atoms with Crippen molar-refractivity contribution in [2.75, 3.05) is 7.11 Å². The lowest BCUT2D eigenvalue weighted by Crippen LogP contribution is -2.25. The van der Waals surface area contributed by atoms with Crippen LogP contribution in [0.25, 0.3) is 0 Å². The lowest BCUT2D eigenvalue weighted by molar-refractivity contribution is 0.0291. The molecule has 2 atom stereocenters. The van der Waals surface area contributed by atoms with Gasteiger partial charge >= 0.3 is 0 Å². The lowest BCUT2D eigenvalue weighted by atomic mass is 9.98. The van der Waals surface area contributed by atoms with Gasteiger partial charge in [-0.15, -0.1) is 0 Å². The van der Waals surface area contributed by atoms with Gasteiger partial charge in [0.15, 0.2) is 0 Å². The fourth-order valence-electron chi connectivity index (χ4n) is 2.52. The van der Waals surface area contributed by atoms with Gasteiger partial charge in [0.25, 0.3) is 0 Å². The summed E-state index contributed by atoms with van der Waals surface area (Å²) in [7, 11) is 1.69. The van der Waals surface area contributed by atoms with Gasteiger partial charge in [0.2, 0.25) is 0 Å². The molecule has 19 heavy (non-hydrogen) atoms. The van der Waals surface area contributed by atoms with Gasteiger partial charge in [-0.05, 0) is 30.5 Å². The molecule has 0 N–H and O–H groups in total. The van der Waals surface area contributed by atoms with Crippen LogP contribution in [-0.4, -0.2) is 18.0 Å². The number of hydrogen-bond acceptors (Lipinski definition) is 2. The van der Waals surface area contributed by atoms with Crippen molar-refractivity contribution in [3.05, 3.63) is 29.8 Å². The number of benzene rings is 1. The lowest BCUT2D eigenvalue weighted by Gasteiger charge is -2.25. The minimum absolute atomic E-state index is 0.349. The van der Waals surface area contributed by atoms with Gasteiger partial charge in [-0.25, -0.2) is 0 Å². The summed E-state index contributed by atoms with van der Waals surface area (Å²) in [5, 5.41) is 0. The molecule has 1 fully saturated rings. The molecular formula is C16H23BrO2. The van der Waals surface area contributed by atoms with Crippen molar-refractivity contribution in [2.24, 2.45) is 0 Å². The van der Waals surface area contributed by atoms with Crippen LogP contribution in [0.2, 0.25) is 0 Å². The highest BCUT2D eigenvalue weighted by molar-refractivity contribution is 9.09. The Labute approximate surface area is 124 Å². The van der Waals surface area contributed by atoms with E-state index in [9.17, 15) is 0 Å². The van der Waals surface area contributed by atoms with E-state index in [1.807, 2.05) is 12.1 Å². The molecule has 0 aromatic heterocycles. The van der Waals surface area contributed by atoms with Crippen LogP contribution in [0.15, 0.2) is 24.3 Å². The van der Waals surface area contributed by atoms with Gasteiger partial charge in [-0.3, -0.25) is 0 Å². The smallest absolute Gasteiger partial charge is 0.118 e. The van der Waals surface area contributed by atoms with E-state index in [0.29, 0.717) is 17.5 Å². The highest BCUT2D eigenvalue weighted by atomic mass is 79.9. The number of rotatable bonds is 4. The molecule has 0 spiro atoms. The van der Waals surface area contributed by atoms with Gasteiger partial charge in [0.05, 0.1) is 19.8 Å². The number of methoxy groups -OCH3 is 1. The van der Waals surface area contributed by atoms with Gasteiger partial charge in [-0.2, -0.15) is 0 Å². The molecular weight excluding hydrogens is 304 g/mol. The molecule has 1 saturated carbocycles. The van der Waals surface area contributed by atoms with Gasteiger partial charge in [0, 0.05) is 4.83 Å². The van der Waals surface area contributed by atoms with Gasteiger partial charge < -0.3 is 9.47 Å². The average molecular weight is 327 g/mol. The fourth-order valence-corrected chi connectivity index (χ4v) is 3.26. The largest absolute Gasteiger partial charge is 0.497 e. The zero-order valence-electron chi connectivity index (χ0n) is 11.6. The monoisotopic (exact) mass is 326 g/mol. The van der Waals surface area contributed by atoms with Crippen LogP contribution in [0.1, 0.15) is 44.1 Å². The number of halogens is 1. The molecule has 2 nitrogen and oxygen atoms in total. The first-order valence-electron chi connectivity index (χ1n) is 7.18. The van der Waals surface area contributed by atoms with Crippen LogP contribution >= 0.6 is 15.9 Å². The number of ether oxygens (including phenoxy) is 2. The maximum absolute atomic E-state index is 6.10. The second-order valence-electron chi connectivity index (χ2n) is 5.21. The normalized spacial score (nSPS) is 24.5. The van der Waals surface area contributed by atoms with Crippen molar-refractivity contribution >= 4 is 15.9 Å². The van der Waals surface area contributed by atoms with E-state index in [1.165, 1.54) is 44.1 Å². The molecule has 0 bridgehead atoms. The SMILES string of the molecule is COc1ccc(COC2CCCCCCC2Br)cc1. The zero-order chi connectivity index (χ0) is 13.5. The molecule has 1 aliphatic carbocycles. The summed E-state index contributed by atoms with van der Waals surface area (Å²) in [5.41, 5.74) is 1.21. The van der Waals surface area contributed by atoms with Crippen molar-refractivity contribution < 1.29 is 9.47 Å². The molecule has 0 amide bonds. The Balaban J connectivity index is 1.84. The summed E-state index contributed by atoms with van der Waals surface area (Å²) in [5.74, 6) is 0.896. The number of alkyl halides is 1. The van der Waals surface area contributed by atoms with Crippen LogP contribution in [0, 0.1) is 0 Å². The Hall–Kier alpha value is -0.540. The third-order valence-electron chi connectivity index (χ3n) is 3.75. The predicted molar refractivity (Wildman–Crippen MR) is 82.0 cm³/mol. The molecule has 3 heteroatoms. The summed E-state index contributed by atoms with van der Waals surface area (Å²) < 4.78 is 11.3. The quantitative estimate of drug-likeness (QED) is 0.747. The Morgan fingerprint density at radius 1 is 1.05 bits per heavy atom. The van der Waals surface area contributed by atoms with Crippen molar-refractivity contribution in [1.82, 2.24) is 0 Å². The van der Waals surface area contributed by atoms with E-state index >= 15 is 0 Å². The maximum atomic E-state index is 6.10. The van der Waals surface area contributed by atoms with Crippen molar-refractivity contribution in [3.63, 3.8) is 0 Å². The standard InChI is InChI=1S/C16H23BrO2/c1-18-14-10-8-13(9-11-14)12-19-16-7-5-3-2-4-6-15(16)17/h8-11,15-16H,2-7,12H2,1H3. The third-order valence-corrected chi connectivity index (χ3v) is 4.79. The van der Waals surface area contributed by atoms with Crippen molar-refractivity contribution in [3.8, 4) is 5.75 Å². The molecule has 0 radical (unpaired) electrons. The first kappa shape index (κ1) is 14.9. The highest BCUT2D eigenvalue weighted by Crippen LogP contribution is 2.26. The molecule has 0 aliphatic heterocycles. The second kappa shape index (κ2) is 7.91. The van der Waals surface area contributed by atoms with Gasteiger partial charge in [0.1, 0.15) is 5.75 Å². The molecule has 0 heterocycles. The minimum Gasteiger partial charge on any atom is -0.497 e. The van der Waals surface area contributed by atoms with E-state index in [2.05, 4.69) is 28.1 Å². The topological polar surface area (TPSA) is 18.5 Å². The Kier molecular flexibility index (Phi) is 6.18. The maximum Gasteiger partial charge on any atom is 0.118 e. The van der Waals surface area contributed by atoms with Crippen LogP contribution < -0.4 is 4.74 Å². The van der Waals surface area contributed by atoms with E-state index in [4.69, 9.17) is 9.47 Å². The fraction of sp³-hybridized carbons (Fsp3) is 0.625. The molecule has 2 rings (SSSR count). The molecule has 0 saturated heterocycles. The van der Waals surface area contributed by atoms with Crippen molar-refractivity contribution in [1.29, 1.82) is 0 Å². The predicted octanol–water partition coefficient (Wildman–Crippen LogP) is 4.70. The van der Waals surface area contributed by atoms with E-state index in [-0.39, 0.29) is 0 Å².